The highest BCUT2D eigenvalue weighted by molar-refractivity contribution is 6.42. The van der Waals surface area contributed by atoms with Crippen molar-refractivity contribution < 1.29 is 9.53 Å². The van der Waals surface area contributed by atoms with Crippen LogP contribution in [0.1, 0.15) is 6.92 Å². The molecule has 3 rings (SSSR count). The van der Waals surface area contributed by atoms with Gasteiger partial charge in [0, 0.05) is 5.69 Å². The number of rotatable bonds is 4. The highest BCUT2D eigenvalue weighted by Gasteiger charge is 2.15. The average molecular weight is 360 g/mol. The summed E-state index contributed by atoms with van der Waals surface area (Å²) in [5.74, 6) is 0.382. The van der Waals surface area contributed by atoms with Crippen molar-refractivity contribution in [2.45, 2.75) is 13.0 Å². The quantitative estimate of drug-likeness (QED) is 0.662. The molecule has 3 nitrogen and oxygen atoms in total. The van der Waals surface area contributed by atoms with E-state index in [2.05, 4.69) is 5.32 Å². The van der Waals surface area contributed by atoms with Crippen LogP contribution in [0.15, 0.2) is 60.7 Å². The van der Waals surface area contributed by atoms with Gasteiger partial charge in [-0.15, -0.1) is 0 Å². The summed E-state index contributed by atoms with van der Waals surface area (Å²) in [6, 6.07) is 18.6. The number of benzene rings is 3. The molecule has 0 heterocycles. The number of amides is 1. The predicted molar refractivity (Wildman–Crippen MR) is 99.1 cm³/mol. The summed E-state index contributed by atoms with van der Waals surface area (Å²) in [5.41, 5.74) is 0.573. The number of nitrogens with one attached hydrogen (secondary N) is 1. The second-order valence-corrected chi connectivity index (χ2v) is 6.20. The molecular weight excluding hydrogens is 345 g/mol. The minimum absolute atomic E-state index is 0.262. The summed E-state index contributed by atoms with van der Waals surface area (Å²) in [5, 5.41) is 5.77. The van der Waals surface area contributed by atoms with E-state index in [1.165, 1.54) is 0 Å². The second kappa shape index (κ2) is 7.12. The maximum atomic E-state index is 12.3. The zero-order valence-electron chi connectivity index (χ0n) is 12.9. The van der Waals surface area contributed by atoms with Gasteiger partial charge >= 0.3 is 0 Å². The fourth-order valence-corrected chi connectivity index (χ4v) is 2.61. The lowest BCUT2D eigenvalue weighted by Gasteiger charge is -2.15. The molecule has 0 aromatic heterocycles. The number of ether oxygens (including phenoxy) is 1. The highest BCUT2D eigenvalue weighted by atomic mass is 35.5. The fraction of sp³-hybridized carbons (Fsp3) is 0.105. The van der Waals surface area contributed by atoms with Crippen LogP contribution < -0.4 is 10.1 Å². The third-order valence-electron chi connectivity index (χ3n) is 3.59. The molecule has 0 fully saturated rings. The SMILES string of the molecule is C[C@H](Oc1ccc2ccccc2c1)C(=O)Nc1ccc(Cl)c(Cl)c1. The van der Waals surface area contributed by atoms with E-state index in [1.807, 2.05) is 42.5 Å². The van der Waals surface area contributed by atoms with E-state index in [0.717, 1.165) is 10.8 Å². The summed E-state index contributed by atoms with van der Waals surface area (Å²) < 4.78 is 5.74. The van der Waals surface area contributed by atoms with Crippen LogP contribution in [-0.2, 0) is 4.79 Å². The molecule has 0 aliphatic heterocycles. The summed E-state index contributed by atoms with van der Waals surface area (Å²) >= 11 is 11.8. The van der Waals surface area contributed by atoms with Crippen molar-refractivity contribution in [3.8, 4) is 5.75 Å². The largest absolute Gasteiger partial charge is 0.481 e. The Kier molecular flexibility index (Phi) is 4.93. The molecule has 0 unspecified atom stereocenters. The van der Waals surface area contributed by atoms with Crippen LogP contribution in [0.5, 0.6) is 5.75 Å². The van der Waals surface area contributed by atoms with Gasteiger partial charge < -0.3 is 10.1 Å². The summed E-state index contributed by atoms with van der Waals surface area (Å²) in [7, 11) is 0. The van der Waals surface area contributed by atoms with Gasteiger partial charge in [0.2, 0.25) is 0 Å². The number of hydrogen-bond donors (Lipinski definition) is 1. The van der Waals surface area contributed by atoms with Crippen molar-refractivity contribution in [2.75, 3.05) is 5.32 Å². The van der Waals surface area contributed by atoms with Crippen LogP contribution in [0, 0.1) is 0 Å². The van der Waals surface area contributed by atoms with Gasteiger partial charge in [-0.05, 0) is 48.0 Å². The van der Waals surface area contributed by atoms with Gasteiger partial charge in [0.05, 0.1) is 10.0 Å². The van der Waals surface area contributed by atoms with E-state index in [-0.39, 0.29) is 5.91 Å². The molecular formula is C19H15Cl2NO2. The molecule has 0 saturated heterocycles. The van der Waals surface area contributed by atoms with Crippen molar-refractivity contribution in [2.24, 2.45) is 0 Å². The number of hydrogen-bond acceptors (Lipinski definition) is 2. The minimum atomic E-state index is -0.652. The Morgan fingerprint density at radius 2 is 1.71 bits per heavy atom. The highest BCUT2D eigenvalue weighted by Crippen LogP contribution is 2.25. The van der Waals surface area contributed by atoms with Crippen molar-refractivity contribution in [3.63, 3.8) is 0 Å². The lowest BCUT2D eigenvalue weighted by molar-refractivity contribution is -0.122. The molecule has 0 radical (unpaired) electrons. The molecule has 0 saturated carbocycles. The molecule has 122 valence electrons. The lowest BCUT2D eigenvalue weighted by atomic mass is 10.1. The summed E-state index contributed by atoms with van der Waals surface area (Å²) in [4.78, 5) is 12.3. The standard InChI is InChI=1S/C19H15Cl2NO2/c1-12(19(23)22-15-7-9-17(20)18(21)11-15)24-16-8-6-13-4-2-3-5-14(13)10-16/h2-12H,1H3,(H,22,23)/t12-/m0/s1. The van der Waals surface area contributed by atoms with Crippen LogP contribution in [0.4, 0.5) is 5.69 Å². The number of halogens is 2. The van der Waals surface area contributed by atoms with Gasteiger partial charge in [-0.3, -0.25) is 4.79 Å². The molecule has 3 aromatic rings. The molecule has 0 aliphatic rings. The molecule has 0 aliphatic carbocycles. The molecule has 0 bridgehead atoms. The Bertz CT molecular complexity index is 895. The monoisotopic (exact) mass is 359 g/mol. The van der Waals surface area contributed by atoms with Gasteiger partial charge in [-0.2, -0.15) is 0 Å². The van der Waals surface area contributed by atoms with E-state index in [0.29, 0.717) is 21.5 Å². The van der Waals surface area contributed by atoms with Gasteiger partial charge in [0.25, 0.3) is 5.91 Å². The second-order valence-electron chi connectivity index (χ2n) is 5.39. The van der Waals surface area contributed by atoms with Crippen LogP contribution in [0.3, 0.4) is 0 Å². The molecule has 24 heavy (non-hydrogen) atoms. The number of carbonyl (C=O) groups is 1. The van der Waals surface area contributed by atoms with Crippen molar-refractivity contribution in [3.05, 3.63) is 70.7 Å². The maximum absolute atomic E-state index is 12.3. The van der Waals surface area contributed by atoms with E-state index < -0.39 is 6.10 Å². The number of carbonyl (C=O) groups excluding carboxylic acids is 1. The van der Waals surface area contributed by atoms with Gasteiger partial charge in [-0.1, -0.05) is 53.5 Å². The van der Waals surface area contributed by atoms with Gasteiger partial charge in [-0.25, -0.2) is 0 Å². The predicted octanol–water partition coefficient (Wildman–Crippen LogP) is 5.55. The smallest absolute Gasteiger partial charge is 0.265 e. The first-order valence-corrected chi connectivity index (χ1v) is 8.20. The zero-order chi connectivity index (χ0) is 17.1. The molecule has 1 N–H and O–H groups in total. The molecule has 1 amide bonds. The number of fused-ring (bicyclic) bond motifs is 1. The van der Waals surface area contributed by atoms with Gasteiger partial charge in [0.1, 0.15) is 5.75 Å². The molecule has 0 spiro atoms. The van der Waals surface area contributed by atoms with E-state index in [4.69, 9.17) is 27.9 Å². The first kappa shape index (κ1) is 16.6. The number of anilines is 1. The maximum Gasteiger partial charge on any atom is 0.265 e. The van der Waals surface area contributed by atoms with Crippen molar-refractivity contribution in [1.82, 2.24) is 0 Å². The topological polar surface area (TPSA) is 38.3 Å². The van der Waals surface area contributed by atoms with Gasteiger partial charge in [0.15, 0.2) is 6.10 Å². The third kappa shape index (κ3) is 3.81. The van der Waals surface area contributed by atoms with Crippen molar-refractivity contribution >= 4 is 45.6 Å². The third-order valence-corrected chi connectivity index (χ3v) is 4.33. The van der Waals surface area contributed by atoms with E-state index >= 15 is 0 Å². The fourth-order valence-electron chi connectivity index (χ4n) is 2.32. The normalized spacial score (nSPS) is 12.0. The zero-order valence-corrected chi connectivity index (χ0v) is 14.4. The molecule has 3 aromatic carbocycles. The first-order chi connectivity index (χ1) is 11.5. The van der Waals surface area contributed by atoms with Crippen molar-refractivity contribution in [1.29, 1.82) is 0 Å². The average Bonchev–Trinajstić information content (AvgIpc) is 2.58. The minimum Gasteiger partial charge on any atom is -0.481 e. The Labute approximate surface area is 150 Å². The Balaban J connectivity index is 1.69. The molecule has 1 atom stereocenters. The van der Waals surface area contributed by atoms with Crippen LogP contribution in [-0.4, -0.2) is 12.0 Å². The van der Waals surface area contributed by atoms with Crippen LogP contribution in [0.2, 0.25) is 10.0 Å². The molecule has 5 heteroatoms. The van der Waals surface area contributed by atoms with Crippen LogP contribution in [0.25, 0.3) is 10.8 Å². The summed E-state index contributed by atoms with van der Waals surface area (Å²) in [6.45, 7) is 1.70. The first-order valence-electron chi connectivity index (χ1n) is 7.44. The Hall–Kier alpha value is -2.23. The van der Waals surface area contributed by atoms with Crippen LogP contribution >= 0.6 is 23.2 Å². The Morgan fingerprint density at radius 3 is 2.46 bits per heavy atom. The summed E-state index contributed by atoms with van der Waals surface area (Å²) in [6.07, 6.45) is -0.652. The van der Waals surface area contributed by atoms with E-state index in [9.17, 15) is 4.79 Å². The Morgan fingerprint density at radius 1 is 0.958 bits per heavy atom. The van der Waals surface area contributed by atoms with E-state index in [1.54, 1.807) is 25.1 Å². The lowest BCUT2D eigenvalue weighted by Crippen LogP contribution is -2.30.